The van der Waals surface area contributed by atoms with Crippen LogP contribution in [0.2, 0.25) is 0 Å². The fourth-order valence-electron chi connectivity index (χ4n) is 2.96. The lowest BCUT2D eigenvalue weighted by Crippen LogP contribution is -2.33. The first-order valence-corrected chi connectivity index (χ1v) is 6.29. The van der Waals surface area contributed by atoms with E-state index in [0.717, 1.165) is 17.9 Å². The van der Waals surface area contributed by atoms with Crippen LogP contribution in [0.25, 0.3) is 0 Å². The lowest BCUT2D eigenvalue weighted by Gasteiger charge is -2.27. The summed E-state index contributed by atoms with van der Waals surface area (Å²) >= 11 is 0. The fraction of sp³-hybridized carbons (Fsp3) is 0.714. The second kappa shape index (κ2) is 4.98. The van der Waals surface area contributed by atoms with Crippen molar-refractivity contribution in [3.8, 4) is 0 Å². The molecule has 0 radical (unpaired) electrons. The van der Waals surface area contributed by atoms with Gasteiger partial charge in [0.15, 0.2) is 0 Å². The molecule has 0 saturated heterocycles. The highest BCUT2D eigenvalue weighted by molar-refractivity contribution is 5.06. The maximum absolute atomic E-state index is 3.70. The average molecular weight is 205 g/mol. The third kappa shape index (κ3) is 3.20. The van der Waals surface area contributed by atoms with Gasteiger partial charge in [0.05, 0.1) is 0 Å². The fourth-order valence-corrected chi connectivity index (χ4v) is 2.96. The van der Waals surface area contributed by atoms with E-state index in [-0.39, 0.29) is 0 Å². The SMILES string of the molecule is CC1=CC(C)CC(CNC2CC=CC2)C1. The number of allylic oxidation sites excluding steroid dienone is 2. The molecule has 1 heteroatoms. The lowest BCUT2D eigenvalue weighted by molar-refractivity contribution is 0.362. The Bertz CT molecular complexity index is 257. The highest BCUT2D eigenvalue weighted by atomic mass is 14.9. The Morgan fingerprint density at radius 3 is 2.73 bits per heavy atom. The summed E-state index contributed by atoms with van der Waals surface area (Å²) in [6.07, 6.45) is 12.2. The van der Waals surface area contributed by atoms with Crippen molar-refractivity contribution < 1.29 is 0 Å². The topological polar surface area (TPSA) is 12.0 Å². The molecule has 0 aromatic heterocycles. The molecule has 15 heavy (non-hydrogen) atoms. The zero-order valence-corrected chi connectivity index (χ0v) is 10.00. The minimum Gasteiger partial charge on any atom is -0.313 e. The quantitative estimate of drug-likeness (QED) is 0.697. The van der Waals surface area contributed by atoms with Crippen LogP contribution in [-0.2, 0) is 0 Å². The molecule has 0 saturated carbocycles. The van der Waals surface area contributed by atoms with E-state index >= 15 is 0 Å². The molecule has 0 aromatic rings. The Kier molecular flexibility index (Phi) is 3.63. The van der Waals surface area contributed by atoms with Crippen molar-refractivity contribution in [3.63, 3.8) is 0 Å². The minimum absolute atomic E-state index is 0.728. The number of hydrogen-bond donors (Lipinski definition) is 1. The normalized spacial score (nSPS) is 32.0. The van der Waals surface area contributed by atoms with Crippen molar-refractivity contribution >= 4 is 0 Å². The standard InChI is InChI=1S/C14H23N/c1-11-7-12(2)9-13(8-11)10-15-14-5-3-4-6-14/h3-4,7,11,13-15H,5-6,8-10H2,1-2H3. The summed E-state index contributed by atoms with van der Waals surface area (Å²) in [6, 6.07) is 0.728. The van der Waals surface area contributed by atoms with E-state index in [0.29, 0.717) is 0 Å². The van der Waals surface area contributed by atoms with Crippen molar-refractivity contribution in [2.24, 2.45) is 11.8 Å². The predicted molar refractivity (Wildman–Crippen MR) is 65.8 cm³/mol. The highest BCUT2D eigenvalue weighted by Gasteiger charge is 2.19. The molecule has 1 N–H and O–H groups in total. The average Bonchev–Trinajstić information content (AvgIpc) is 2.65. The molecule has 84 valence electrons. The number of hydrogen-bond acceptors (Lipinski definition) is 1. The zero-order chi connectivity index (χ0) is 10.7. The predicted octanol–water partition coefficient (Wildman–Crippen LogP) is 3.29. The molecule has 2 atom stereocenters. The van der Waals surface area contributed by atoms with Gasteiger partial charge in [-0.3, -0.25) is 0 Å². The van der Waals surface area contributed by atoms with Crippen LogP contribution in [-0.4, -0.2) is 12.6 Å². The first-order chi connectivity index (χ1) is 7.24. The van der Waals surface area contributed by atoms with Crippen LogP contribution in [0.3, 0.4) is 0 Å². The van der Waals surface area contributed by atoms with Crippen LogP contribution in [0, 0.1) is 11.8 Å². The van der Waals surface area contributed by atoms with Gasteiger partial charge in [0.25, 0.3) is 0 Å². The van der Waals surface area contributed by atoms with Gasteiger partial charge in [-0.1, -0.05) is 30.7 Å². The van der Waals surface area contributed by atoms with Gasteiger partial charge in [0.2, 0.25) is 0 Å². The molecule has 0 bridgehead atoms. The summed E-state index contributed by atoms with van der Waals surface area (Å²) in [7, 11) is 0. The Morgan fingerprint density at radius 1 is 1.33 bits per heavy atom. The van der Waals surface area contributed by atoms with E-state index in [9.17, 15) is 0 Å². The summed E-state index contributed by atoms with van der Waals surface area (Å²) in [5.74, 6) is 1.65. The largest absolute Gasteiger partial charge is 0.313 e. The molecule has 0 heterocycles. The highest BCUT2D eigenvalue weighted by Crippen LogP contribution is 2.27. The molecule has 2 unspecified atom stereocenters. The van der Waals surface area contributed by atoms with Crippen LogP contribution in [0.4, 0.5) is 0 Å². The van der Waals surface area contributed by atoms with Gasteiger partial charge in [-0.05, 0) is 51.0 Å². The molecule has 1 nitrogen and oxygen atoms in total. The summed E-state index contributed by atoms with van der Waals surface area (Å²) in [6.45, 7) is 5.83. The molecule has 2 aliphatic rings. The van der Waals surface area contributed by atoms with E-state index in [4.69, 9.17) is 0 Å². The molecule has 0 fully saturated rings. The van der Waals surface area contributed by atoms with E-state index in [1.54, 1.807) is 5.57 Å². The molecule has 2 aliphatic carbocycles. The minimum atomic E-state index is 0.728. The Hall–Kier alpha value is -0.560. The summed E-state index contributed by atoms with van der Waals surface area (Å²) < 4.78 is 0. The monoisotopic (exact) mass is 205 g/mol. The second-order valence-corrected chi connectivity index (χ2v) is 5.34. The van der Waals surface area contributed by atoms with Crippen molar-refractivity contribution in [2.45, 2.75) is 45.6 Å². The maximum Gasteiger partial charge on any atom is 0.0136 e. The van der Waals surface area contributed by atoms with Crippen LogP contribution in [0.1, 0.15) is 39.5 Å². The summed E-state index contributed by atoms with van der Waals surface area (Å²) in [5.41, 5.74) is 1.59. The van der Waals surface area contributed by atoms with Crippen molar-refractivity contribution in [2.75, 3.05) is 6.54 Å². The van der Waals surface area contributed by atoms with Gasteiger partial charge in [0, 0.05) is 6.04 Å². The lowest BCUT2D eigenvalue weighted by atomic mass is 9.83. The Morgan fingerprint density at radius 2 is 2.07 bits per heavy atom. The second-order valence-electron chi connectivity index (χ2n) is 5.34. The third-order valence-corrected chi connectivity index (χ3v) is 3.59. The van der Waals surface area contributed by atoms with Gasteiger partial charge in [-0.15, -0.1) is 0 Å². The molecule has 0 aliphatic heterocycles. The van der Waals surface area contributed by atoms with Crippen molar-refractivity contribution in [1.82, 2.24) is 5.32 Å². The zero-order valence-electron chi connectivity index (χ0n) is 10.00. The van der Waals surface area contributed by atoms with E-state index in [1.165, 1.54) is 32.2 Å². The van der Waals surface area contributed by atoms with Gasteiger partial charge in [0.1, 0.15) is 0 Å². The molecule has 0 aromatic carbocycles. The smallest absolute Gasteiger partial charge is 0.0136 e. The van der Waals surface area contributed by atoms with Crippen LogP contribution in [0.5, 0.6) is 0 Å². The van der Waals surface area contributed by atoms with Gasteiger partial charge in [-0.25, -0.2) is 0 Å². The first kappa shape index (κ1) is 10.9. The van der Waals surface area contributed by atoms with Crippen LogP contribution in [0.15, 0.2) is 23.8 Å². The van der Waals surface area contributed by atoms with Gasteiger partial charge >= 0.3 is 0 Å². The van der Waals surface area contributed by atoms with Gasteiger partial charge in [-0.2, -0.15) is 0 Å². The number of rotatable bonds is 3. The van der Waals surface area contributed by atoms with Crippen molar-refractivity contribution in [1.29, 1.82) is 0 Å². The van der Waals surface area contributed by atoms with E-state index < -0.39 is 0 Å². The Labute approximate surface area is 93.6 Å². The third-order valence-electron chi connectivity index (χ3n) is 3.59. The van der Waals surface area contributed by atoms with Crippen molar-refractivity contribution in [3.05, 3.63) is 23.8 Å². The van der Waals surface area contributed by atoms with E-state index in [2.05, 4.69) is 37.4 Å². The molecule has 0 amide bonds. The Balaban J connectivity index is 1.73. The van der Waals surface area contributed by atoms with E-state index in [1.807, 2.05) is 0 Å². The molecular weight excluding hydrogens is 182 g/mol. The molecule has 0 spiro atoms. The number of nitrogens with one attached hydrogen (secondary N) is 1. The maximum atomic E-state index is 3.70. The van der Waals surface area contributed by atoms with Crippen LogP contribution >= 0.6 is 0 Å². The molecular formula is C14H23N. The summed E-state index contributed by atoms with van der Waals surface area (Å²) in [5, 5.41) is 3.70. The first-order valence-electron chi connectivity index (χ1n) is 6.29. The van der Waals surface area contributed by atoms with Crippen LogP contribution < -0.4 is 5.32 Å². The van der Waals surface area contributed by atoms with Gasteiger partial charge < -0.3 is 5.32 Å². The summed E-state index contributed by atoms with van der Waals surface area (Å²) in [4.78, 5) is 0. The molecule has 2 rings (SSSR count).